The Bertz CT molecular complexity index is 655. The number of rotatable bonds is 5. The largest absolute Gasteiger partial charge is 0.330 e. The van der Waals surface area contributed by atoms with Crippen molar-refractivity contribution < 1.29 is 0 Å². The molecule has 0 fully saturated rings. The number of hydrogen-bond acceptors (Lipinski definition) is 4. The molecule has 0 aliphatic rings. The maximum Gasteiger partial charge on any atom is 0.123 e. The Morgan fingerprint density at radius 1 is 1.26 bits per heavy atom. The summed E-state index contributed by atoms with van der Waals surface area (Å²) in [4.78, 5) is 4.61. The summed E-state index contributed by atoms with van der Waals surface area (Å²) in [5.74, 6) is 1.04. The van der Waals surface area contributed by atoms with Crippen LogP contribution in [0, 0.1) is 0 Å². The number of para-hydroxylation sites is 2. The molecule has 0 aliphatic carbocycles. The van der Waals surface area contributed by atoms with Crippen molar-refractivity contribution in [2.45, 2.75) is 13.1 Å². The minimum atomic E-state index is 0.750. The Hall–Kier alpha value is -2.21. The van der Waals surface area contributed by atoms with Crippen LogP contribution in [0.15, 0.2) is 36.7 Å². The first-order valence-corrected chi connectivity index (χ1v) is 6.30. The molecule has 1 aromatic carbocycles. The van der Waals surface area contributed by atoms with Crippen molar-refractivity contribution in [2.24, 2.45) is 7.05 Å². The molecule has 0 saturated carbocycles. The van der Waals surface area contributed by atoms with Crippen LogP contribution in [0.3, 0.4) is 0 Å². The molecule has 0 aliphatic heterocycles. The van der Waals surface area contributed by atoms with Crippen molar-refractivity contribution in [1.82, 2.24) is 29.9 Å². The van der Waals surface area contributed by atoms with Gasteiger partial charge in [-0.3, -0.25) is 4.68 Å². The second-order valence-corrected chi connectivity index (χ2v) is 4.42. The Kier molecular flexibility index (Phi) is 3.24. The molecule has 0 atom stereocenters. The zero-order chi connectivity index (χ0) is 13.1. The van der Waals surface area contributed by atoms with Crippen LogP contribution in [0.1, 0.15) is 5.82 Å². The maximum absolute atomic E-state index is 4.61. The molecule has 6 heteroatoms. The predicted molar refractivity (Wildman–Crippen MR) is 72.4 cm³/mol. The van der Waals surface area contributed by atoms with E-state index in [2.05, 4.69) is 31.2 Å². The summed E-state index contributed by atoms with van der Waals surface area (Å²) >= 11 is 0. The number of fused-ring (bicyclic) bond motifs is 1. The zero-order valence-electron chi connectivity index (χ0n) is 10.8. The fourth-order valence-electron chi connectivity index (χ4n) is 2.10. The molecule has 19 heavy (non-hydrogen) atoms. The highest BCUT2D eigenvalue weighted by Gasteiger charge is 2.05. The van der Waals surface area contributed by atoms with Gasteiger partial charge in [-0.2, -0.15) is 0 Å². The molecule has 2 aromatic heterocycles. The summed E-state index contributed by atoms with van der Waals surface area (Å²) < 4.78 is 3.93. The lowest BCUT2D eigenvalue weighted by Crippen LogP contribution is -2.21. The van der Waals surface area contributed by atoms with Gasteiger partial charge in [-0.05, 0) is 12.1 Å². The zero-order valence-corrected chi connectivity index (χ0v) is 10.8. The molecule has 0 unspecified atom stereocenters. The van der Waals surface area contributed by atoms with E-state index >= 15 is 0 Å². The van der Waals surface area contributed by atoms with Crippen LogP contribution in [0.5, 0.6) is 0 Å². The summed E-state index contributed by atoms with van der Waals surface area (Å²) in [5.41, 5.74) is 2.20. The summed E-state index contributed by atoms with van der Waals surface area (Å²) in [6.07, 6.45) is 3.54. The number of aromatic nitrogens is 5. The fourth-order valence-corrected chi connectivity index (χ4v) is 2.10. The van der Waals surface area contributed by atoms with Gasteiger partial charge >= 0.3 is 0 Å². The summed E-state index contributed by atoms with van der Waals surface area (Å²) in [6.45, 7) is 2.40. The van der Waals surface area contributed by atoms with Crippen LogP contribution in [0.4, 0.5) is 0 Å². The molecule has 0 amide bonds. The first-order chi connectivity index (χ1) is 9.34. The van der Waals surface area contributed by atoms with Crippen LogP contribution in [-0.4, -0.2) is 31.1 Å². The Labute approximate surface area is 111 Å². The van der Waals surface area contributed by atoms with Gasteiger partial charge in [-0.1, -0.05) is 17.3 Å². The summed E-state index contributed by atoms with van der Waals surface area (Å²) in [6, 6.07) is 8.17. The van der Waals surface area contributed by atoms with Gasteiger partial charge in [-0.15, -0.1) is 5.10 Å². The van der Waals surface area contributed by atoms with E-state index in [1.807, 2.05) is 36.1 Å². The van der Waals surface area contributed by atoms with Gasteiger partial charge in [0.2, 0.25) is 0 Å². The predicted octanol–water partition coefficient (Wildman–Crippen LogP) is 0.955. The van der Waals surface area contributed by atoms with Crippen LogP contribution in [-0.2, 0) is 20.1 Å². The molecule has 0 bridgehead atoms. The third-order valence-corrected chi connectivity index (χ3v) is 3.15. The fraction of sp³-hybridized carbons (Fsp3) is 0.308. The minimum absolute atomic E-state index is 0.750. The lowest BCUT2D eigenvalue weighted by atomic mass is 10.3. The van der Waals surface area contributed by atoms with Crippen molar-refractivity contribution >= 4 is 11.0 Å². The van der Waals surface area contributed by atoms with Crippen LogP contribution >= 0.6 is 0 Å². The Morgan fingerprint density at radius 2 is 2.16 bits per heavy atom. The Morgan fingerprint density at radius 3 is 2.95 bits per heavy atom. The average molecular weight is 256 g/mol. The molecule has 1 N–H and O–H groups in total. The second kappa shape index (κ2) is 5.19. The number of aryl methyl sites for hydroxylation is 1. The number of hydrogen-bond donors (Lipinski definition) is 1. The van der Waals surface area contributed by atoms with Crippen molar-refractivity contribution in [1.29, 1.82) is 0 Å². The standard InChI is InChI=1S/C13H16N6/c1-18-12-5-3-2-4-11(12)16-13(18)10-14-6-8-19-9-7-15-17-19/h2-5,7,9,14H,6,8,10H2,1H3. The minimum Gasteiger partial charge on any atom is -0.330 e. The number of nitrogens with one attached hydrogen (secondary N) is 1. The molecule has 6 nitrogen and oxygen atoms in total. The quantitative estimate of drug-likeness (QED) is 0.691. The van der Waals surface area contributed by atoms with Crippen molar-refractivity contribution in [3.05, 3.63) is 42.5 Å². The maximum atomic E-state index is 4.61. The normalized spacial score (nSPS) is 11.2. The van der Waals surface area contributed by atoms with Crippen molar-refractivity contribution in [3.63, 3.8) is 0 Å². The van der Waals surface area contributed by atoms with Gasteiger partial charge in [0.25, 0.3) is 0 Å². The first-order valence-electron chi connectivity index (χ1n) is 6.30. The van der Waals surface area contributed by atoms with E-state index in [1.54, 1.807) is 6.20 Å². The molecule has 98 valence electrons. The molecule has 0 radical (unpaired) electrons. The number of benzene rings is 1. The molecule has 0 saturated heterocycles. The van der Waals surface area contributed by atoms with E-state index in [0.717, 1.165) is 36.5 Å². The smallest absolute Gasteiger partial charge is 0.123 e. The van der Waals surface area contributed by atoms with E-state index in [0.29, 0.717) is 0 Å². The second-order valence-electron chi connectivity index (χ2n) is 4.42. The van der Waals surface area contributed by atoms with Crippen LogP contribution in [0.25, 0.3) is 11.0 Å². The third-order valence-electron chi connectivity index (χ3n) is 3.15. The average Bonchev–Trinajstić information content (AvgIpc) is 3.04. The SMILES string of the molecule is Cn1c(CNCCn2ccnn2)nc2ccccc21. The molecular formula is C13H16N6. The molecular weight excluding hydrogens is 240 g/mol. The van der Waals surface area contributed by atoms with E-state index in [4.69, 9.17) is 0 Å². The highest BCUT2D eigenvalue weighted by molar-refractivity contribution is 5.75. The highest BCUT2D eigenvalue weighted by atomic mass is 15.4. The summed E-state index contributed by atoms with van der Waals surface area (Å²) in [5, 5.41) is 11.1. The summed E-state index contributed by atoms with van der Waals surface area (Å²) in [7, 11) is 2.05. The third kappa shape index (κ3) is 2.48. The topological polar surface area (TPSA) is 60.6 Å². The molecule has 3 aromatic rings. The van der Waals surface area contributed by atoms with Gasteiger partial charge < -0.3 is 9.88 Å². The van der Waals surface area contributed by atoms with Crippen LogP contribution in [0.2, 0.25) is 0 Å². The highest BCUT2D eigenvalue weighted by Crippen LogP contribution is 2.13. The van der Waals surface area contributed by atoms with Gasteiger partial charge in [-0.25, -0.2) is 4.98 Å². The lowest BCUT2D eigenvalue weighted by molar-refractivity contribution is 0.531. The van der Waals surface area contributed by atoms with Crippen molar-refractivity contribution in [2.75, 3.05) is 6.54 Å². The monoisotopic (exact) mass is 256 g/mol. The van der Waals surface area contributed by atoms with E-state index in [1.165, 1.54) is 0 Å². The van der Waals surface area contributed by atoms with Gasteiger partial charge in [0.15, 0.2) is 0 Å². The van der Waals surface area contributed by atoms with E-state index in [9.17, 15) is 0 Å². The van der Waals surface area contributed by atoms with Gasteiger partial charge in [0.05, 0.1) is 30.3 Å². The van der Waals surface area contributed by atoms with Gasteiger partial charge in [0, 0.05) is 19.8 Å². The number of nitrogens with zero attached hydrogens (tertiary/aromatic N) is 5. The molecule has 2 heterocycles. The Balaban J connectivity index is 1.61. The first kappa shape index (κ1) is 11.9. The molecule has 0 spiro atoms. The van der Waals surface area contributed by atoms with Crippen molar-refractivity contribution in [3.8, 4) is 0 Å². The molecule has 3 rings (SSSR count). The van der Waals surface area contributed by atoms with Gasteiger partial charge in [0.1, 0.15) is 5.82 Å². The van der Waals surface area contributed by atoms with E-state index in [-0.39, 0.29) is 0 Å². The number of imidazole rings is 1. The van der Waals surface area contributed by atoms with Crippen LogP contribution < -0.4 is 5.32 Å². The van der Waals surface area contributed by atoms with E-state index < -0.39 is 0 Å². The lowest BCUT2D eigenvalue weighted by Gasteiger charge is -2.05.